The van der Waals surface area contributed by atoms with Crippen molar-refractivity contribution in [3.63, 3.8) is 0 Å². The monoisotopic (exact) mass is 503 g/mol. The minimum atomic E-state index is -5.08. The van der Waals surface area contributed by atoms with E-state index in [1.807, 2.05) is 12.4 Å². The number of carbonyl (C=O) groups is 3. The minimum absolute atomic E-state index is 0.00110. The van der Waals surface area contributed by atoms with Gasteiger partial charge >= 0.3 is 24.3 Å². The zero-order valence-corrected chi connectivity index (χ0v) is 17.8. The topological polar surface area (TPSA) is 129 Å². The highest BCUT2D eigenvalue weighted by Gasteiger charge is 2.43. The van der Waals surface area contributed by atoms with Gasteiger partial charge in [0.05, 0.1) is 19.1 Å². The van der Waals surface area contributed by atoms with Crippen molar-refractivity contribution in [2.24, 2.45) is 17.8 Å². The first-order chi connectivity index (χ1) is 15.7. The van der Waals surface area contributed by atoms with Gasteiger partial charge in [-0.3, -0.25) is 14.7 Å². The molecule has 3 rings (SSSR count). The average molecular weight is 503 g/mol. The summed E-state index contributed by atoms with van der Waals surface area (Å²) in [6.45, 7) is 4.26. The van der Waals surface area contributed by atoms with Gasteiger partial charge in [-0.05, 0) is 29.5 Å². The predicted molar refractivity (Wildman–Crippen MR) is 102 cm³/mol. The van der Waals surface area contributed by atoms with Crippen LogP contribution in [0, 0.1) is 17.8 Å². The van der Waals surface area contributed by atoms with Crippen molar-refractivity contribution < 1.29 is 55.7 Å². The van der Waals surface area contributed by atoms with E-state index >= 15 is 0 Å². The maximum atomic E-state index is 12.0. The summed E-state index contributed by atoms with van der Waals surface area (Å²) >= 11 is 0. The van der Waals surface area contributed by atoms with Gasteiger partial charge in [-0.25, -0.2) is 9.59 Å². The molecule has 0 spiro atoms. The number of carbonyl (C=O) groups excluding carboxylic acids is 1. The number of amides is 1. The van der Waals surface area contributed by atoms with Crippen molar-refractivity contribution in [2.45, 2.75) is 18.9 Å². The molecular formula is C19H23F6N3O6. The molecule has 2 aliphatic rings. The highest BCUT2D eigenvalue weighted by molar-refractivity contribution is 5.79. The van der Waals surface area contributed by atoms with Crippen LogP contribution in [0.4, 0.5) is 26.3 Å². The van der Waals surface area contributed by atoms with Crippen LogP contribution in [0.3, 0.4) is 0 Å². The molecule has 2 fully saturated rings. The lowest BCUT2D eigenvalue weighted by Gasteiger charge is -2.31. The summed E-state index contributed by atoms with van der Waals surface area (Å²) in [6.07, 6.45) is -6.51. The van der Waals surface area contributed by atoms with Gasteiger partial charge in [0.15, 0.2) is 0 Å². The molecule has 0 bridgehead atoms. The van der Waals surface area contributed by atoms with Gasteiger partial charge in [0.2, 0.25) is 5.91 Å². The molecule has 34 heavy (non-hydrogen) atoms. The fraction of sp³-hybridized carbons (Fsp3) is 0.579. The second kappa shape index (κ2) is 12.5. The second-order valence-electron chi connectivity index (χ2n) is 7.34. The maximum Gasteiger partial charge on any atom is 0.490 e. The van der Waals surface area contributed by atoms with E-state index in [0.29, 0.717) is 18.4 Å². The summed E-state index contributed by atoms with van der Waals surface area (Å²) in [5.41, 5.74) is 1.27. The maximum absolute atomic E-state index is 12.0. The molecule has 0 unspecified atom stereocenters. The third-order valence-electron chi connectivity index (χ3n) is 4.94. The highest BCUT2D eigenvalue weighted by atomic mass is 19.4. The Labute approximate surface area is 189 Å². The first kappa shape index (κ1) is 29.1. The summed E-state index contributed by atoms with van der Waals surface area (Å²) in [7, 11) is 1.70. The number of carboxylic acids is 2. The van der Waals surface area contributed by atoms with Gasteiger partial charge in [0.25, 0.3) is 0 Å². The average Bonchev–Trinajstić information content (AvgIpc) is 3.15. The number of aliphatic carboxylic acids is 2. The van der Waals surface area contributed by atoms with Crippen LogP contribution in [0.25, 0.3) is 0 Å². The lowest BCUT2D eigenvalue weighted by atomic mass is 9.82. The lowest BCUT2D eigenvalue weighted by molar-refractivity contribution is -0.193. The van der Waals surface area contributed by atoms with E-state index in [4.69, 9.17) is 24.5 Å². The first-order valence-corrected chi connectivity index (χ1v) is 9.67. The lowest BCUT2D eigenvalue weighted by Crippen LogP contribution is -2.43. The van der Waals surface area contributed by atoms with Crippen LogP contribution < -0.4 is 5.32 Å². The number of hydrogen-bond donors (Lipinski definition) is 3. The standard InChI is InChI=1S/C15H21N3O2.2C2HF3O2/c1-16-15(19)14-10-20-9-12-7-18(8-13(12)14)6-11-2-4-17-5-3-11;2*3-2(4,5)1(6)7/h2-5,12-14H,6-10H2,1H3,(H,16,19);2*(H,6,7)/t12-,13-,14-;;/m1../s1. The Morgan fingerprint density at radius 2 is 1.53 bits per heavy atom. The molecule has 1 aromatic heterocycles. The van der Waals surface area contributed by atoms with Gasteiger partial charge in [-0.2, -0.15) is 26.3 Å². The molecule has 0 aromatic carbocycles. The molecule has 3 heterocycles. The first-order valence-electron chi connectivity index (χ1n) is 9.67. The Morgan fingerprint density at radius 3 is 1.97 bits per heavy atom. The Balaban J connectivity index is 0.000000343. The zero-order valence-electron chi connectivity index (χ0n) is 17.8. The molecule has 1 aromatic rings. The minimum Gasteiger partial charge on any atom is -0.475 e. The fourth-order valence-corrected chi connectivity index (χ4v) is 3.42. The number of nitrogens with one attached hydrogen (secondary N) is 1. The van der Waals surface area contributed by atoms with Gasteiger partial charge in [0, 0.05) is 39.1 Å². The van der Waals surface area contributed by atoms with E-state index < -0.39 is 24.3 Å². The van der Waals surface area contributed by atoms with E-state index in [1.165, 1.54) is 5.56 Å². The number of ether oxygens (including phenoxy) is 1. The van der Waals surface area contributed by atoms with Crippen LogP contribution in [0.1, 0.15) is 5.56 Å². The molecule has 15 heteroatoms. The third kappa shape index (κ3) is 9.51. The molecule has 0 aliphatic carbocycles. The molecule has 0 radical (unpaired) electrons. The number of rotatable bonds is 3. The largest absolute Gasteiger partial charge is 0.490 e. The van der Waals surface area contributed by atoms with E-state index in [-0.39, 0.29) is 11.8 Å². The zero-order chi connectivity index (χ0) is 26.1. The van der Waals surface area contributed by atoms with Crippen molar-refractivity contribution in [3.05, 3.63) is 30.1 Å². The quantitative estimate of drug-likeness (QED) is 0.533. The molecule has 1 amide bonds. The summed E-state index contributed by atoms with van der Waals surface area (Å²) in [5, 5.41) is 17.0. The summed E-state index contributed by atoms with van der Waals surface area (Å²) < 4.78 is 69.1. The van der Waals surface area contributed by atoms with Crippen LogP contribution in [0.5, 0.6) is 0 Å². The molecule has 3 N–H and O–H groups in total. The number of likely N-dealkylation sites (tertiary alicyclic amines) is 1. The van der Waals surface area contributed by atoms with Gasteiger partial charge in [-0.15, -0.1) is 0 Å². The molecule has 9 nitrogen and oxygen atoms in total. The molecule has 2 saturated heterocycles. The van der Waals surface area contributed by atoms with Gasteiger partial charge in [0.1, 0.15) is 0 Å². The number of carboxylic acid groups (broad SMARTS) is 2. The third-order valence-corrected chi connectivity index (χ3v) is 4.94. The molecule has 192 valence electrons. The molecular weight excluding hydrogens is 480 g/mol. The smallest absolute Gasteiger partial charge is 0.475 e. The number of alkyl halides is 6. The van der Waals surface area contributed by atoms with Crippen molar-refractivity contribution in [1.29, 1.82) is 0 Å². The molecule has 2 aliphatic heterocycles. The summed E-state index contributed by atoms with van der Waals surface area (Å²) in [6, 6.07) is 4.10. The van der Waals surface area contributed by atoms with Crippen LogP contribution in [0.15, 0.2) is 24.5 Å². The van der Waals surface area contributed by atoms with Gasteiger partial charge < -0.3 is 20.3 Å². The second-order valence-corrected chi connectivity index (χ2v) is 7.34. The Hall–Kier alpha value is -2.94. The van der Waals surface area contributed by atoms with E-state index in [0.717, 1.165) is 26.2 Å². The number of nitrogens with zero attached hydrogens (tertiary/aromatic N) is 2. The Morgan fingerprint density at radius 1 is 1.03 bits per heavy atom. The normalized spacial score (nSPS) is 22.3. The van der Waals surface area contributed by atoms with Crippen molar-refractivity contribution in [3.8, 4) is 0 Å². The van der Waals surface area contributed by atoms with Crippen LogP contribution in [0.2, 0.25) is 0 Å². The van der Waals surface area contributed by atoms with E-state index in [2.05, 4.69) is 27.3 Å². The van der Waals surface area contributed by atoms with Crippen molar-refractivity contribution >= 4 is 17.8 Å². The van der Waals surface area contributed by atoms with Crippen molar-refractivity contribution in [1.82, 2.24) is 15.2 Å². The van der Waals surface area contributed by atoms with E-state index in [9.17, 15) is 31.1 Å². The number of halogens is 6. The molecule has 3 atom stereocenters. The van der Waals surface area contributed by atoms with Crippen LogP contribution >= 0.6 is 0 Å². The van der Waals surface area contributed by atoms with Crippen LogP contribution in [-0.2, 0) is 25.7 Å². The van der Waals surface area contributed by atoms with E-state index in [1.54, 1.807) is 7.05 Å². The number of fused-ring (bicyclic) bond motifs is 1. The number of pyridine rings is 1. The number of hydrogen-bond acceptors (Lipinski definition) is 6. The Kier molecular flexibility index (Phi) is 10.7. The fourth-order valence-electron chi connectivity index (χ4n) is 3.42. The number of aromatic nitrogens is 1. The summed E-state index contributed by atoms with van der Waals surface area (Å²) in [4.78, 5) is 36.2. The van der Waals surface area contributed by atoms with Crippen molar-refractivity contribution in [2.75, 3.05) is 33.4 Å². The Bertz CT molecular complexity index is 797. The van der Waals surface area contributed by atoms with Crippen LogP contribution in [-0.4, -0.2) is 83.6 Å². The summed E-state index contributed by atoms with van der Waals surface area (Å²) in [5.74, 6) is -4.50. The highest BCUT2D eigenvalue weighted by Crippen LogP contribution is 2.34. The SMILES string of the molecule is CNC(=O)[C@@H]1COC[C@H]2CN(Cc3ccncc3)C[C@H]21.O=C(O)C(F)(F)F.O=C(O)C(F)(F)F. The predicted octanol–water partition coefficient (Wildman–Crippen LogP) is 1.79. The molecule has 0 saturated carbocycles. The van der Waals surface area contributed by atoms with Gasteiger partial charge in [-0.1, -0.05) is 0 Å².